The molecule has 2 aliphatic heterocycles. The minimum absolute atomic E-state index is 0.212. The molecule has 0 aromatic carbocycles. The molecule has 15 heavy (non-hydrogen) atoms. The molecule has 0 spiro atoms. The van der Waals surface area contributed by atoms with Gasteiger partial charge in [0.25, 0.3) is 0 Å². The van der Waals surface area contributed by atoms with Gasteiger partial charge < -0.3 is 5.32 Å². The molecule has 3 unspecified atom stereocenters. The molecule has 2 heteroatoms. The van der Waals surface area contributed by atoms with Crippen LogP contribution in [0.1, 0.15) is 58.3 Å². The SMILES string of the molecule is CCCCCC1CC2CCCC(N2)C1=O. The lowest BCUT2D eigenvalue weighted by molar-refractivity contribution is -0.129. The van der Waals surface area contributed by atoms with Gasteiger partial charge in [0.1, 0.15) is 0 Å². The molecule has 0 saturated carbocycles. The molecular weight excluding hydrogens is 186 g/mol. The van der Waals surface area contributed by atoms with E-state index < -0.39 is 0 Å². The molecule has 2 aliphatic rings. The van der Waals surface area contributed by atoms with Crippen molar-refractivity contribution in [2.45, 2.75) is 70.4 Å². The lowest BCUT2D eigenvalue weighted by Crippen LogP contribution is -2.54. The van der Waals surface area contributed by atoms with Crippen LogP contribution in [0.3, 0.4) is 0 Å². The van der Waals surface area contributed by atoms with Crippen molar-refractivity contribution in [2.24, 2.45) is 5.92 Å². The topological polar surface area (TPSA) is 29.1 Å². The van der Waals surface area contributed by atoms with Crippen molar-refractivity contribution in [3.63, 3.8) is 0 Å². The summed E-state index contributed by atoms with van der Waals surface area (Å²) in [6, 6.07) is 0.859. The van der Waals surface area contributed by atoms with E-state index in [1.807, 2.05) is 0 Å². The van der Waals surface area contributed by atoms with E-state index in [2.05, 4.69) is 12.2 Å². The smallest absolute Gasteiger partial charge is 0.152 e. The zero-order chi connectivity index (χ0) is 10.7. The van der Waals surface area contributed by atoms with E-state index in [9.17, 15) is 4.79 Å². The molecule has 2 nitrogen and oxygen atoms in total. The number of unbranched alkanes of at least 4 members (excludes halogenated alkanes) is 2. The number of Topliss-reactive ketones (excluding diaryl/α,β-unsaturated/α-hetero) is 1. The highest BCUT2D eigenvalue weighted by Crippen LogP contribution is 2.30. The minimum Gasteiger partial charge on any atom is -0.305 e. The zero-order valence-electron chi connectivity index (χ0n) is 9.80. The Morgan fingerprint density at radius 3 is 3.00 bits per heavy atom. The number of rotatable bonds is 4. The van der Waals surface area contributed by atoms with Crippen molar-refractivity contribution < 1.29 is 4.79 Å². The van der Waals surface area contributed by atoms with Gasteiger partial charge in [0.2, 0.25) is 0 Å². The van der Waals surface area contributed by atoms with Crippen LogP contribution in [0.4, 0.5) is 0 Å². The Hall–Kier alpha value is -0.370. The Kier molecular flexibility index (Phi) is 3.79. The number of hydrogen-bond donors (Lipinski definition) is 1. The molecule has 0 radical (unpaired) electrons. The number of hydrogen-bond acceptors (Lipinski definition) is 2. The van der Waals surface area contributed by atoms with Crippen LogP contribution in [0.25, 0.3) is 0 Å². The lowest BCUT2D eigenvalue weighted by Gasteiger charge is -2.39. The average molecular weight is 209 g/mol. The highest BCUT2D eigenvalue weighted by Gasteiger charge is 2.37. The summed E-state index contributed by atoms with van der Waals surface area (Å²) < 4.78 is 0. The summed E-state index contributed by atoms with van der Waals surface area (Å²) in [6.45, 7) is 2.22. The van der Waals surface area contributed by atoms with Gasteiger partial charge in [0.15, 0.2) is 5.78 Å². The zero-order valence-corrected chi connectivity index (χ0v) is 9.80. The number of nitrogens with one attached hydrogen (secondary N) is 1. The van der Waals surface area contributed by atoms with Gasteiger partial charge in [-0.3, -0.25) is 4.79 Å². The summed E-state index contributed by atoms with van der Waals surface area (Å²) in [4.78, 5) is 12.1. The molecule has 1 N–H and O–H groups in total. The Bertz CT molecular complexity index is 227. The maximum absolute atomic E-state index is 12.1. The van der Waals surface area contributed by atoms with Crippen LogP contribution in [0.5, 0.6) is 0 Å². The molecule has 0 aromatic heterocycles. The highest BCUT2D eigenvalue weighted by molar-refractivity contribution is 5.87. The van der Waals surface area contributed by atoms with E-state index in [0.29, 0.717) is 17.7 Å². The monoisotopic (exact) mass is 209 g/mol. The highest BCUT2D eigenvalue weighted by atomic mass is 16.1. The van der Waals surface area contributed by atoms with Gasteiger partial charge >= 0.3 is 0 Å². The fraction of sp³-hybridized carbons (Fsp3) is 0.923. The third-order valence-corrected chi connectivity index (χ3v) is 3.95. The molecule has 2 rings (SSSR count). The number of carbonyl (C=O) groups excluding carboxylic acids is 1. The van der Waals surface area contributed by atoms with Crippen LogP contribution in [-0.2, 0) is 4.79 Å². The van der Waals surface area contributed by atoms with Gasteiger partial charge in [0, 0.05) is 12.0 Å². The van der Waals surface area contributed by atoms with Gasteiger partial charge in [-0.1, -0.05) is 26.2 Å². The van der Waals surface area contributed by atoms with E-state index in [0.717, 1.165) is 19.3 Å². The molecule has 2 heterocycles. The van der Waals surface area contributed by atoms with E-state index in [4.69, 9.17) is 0 Å². The Balaban J connectivity index is 1.86. The van der Waals surface area contributed by atoms with E-state index in [1.54, 1.807) is 0 Å². The first-order chi connectivity index (χ1) is 7.31. The Labute approximate surface area is 92.8 Å². The predicted molar refractivity (Wildman–Crippen MR) is 61.8 cm³/mol. The largest absolute Gasteiger partial charge is 0.305 e. The van der Waals surface area contributed by atoms with Crippen LogP contribution >= 0.6 is 0 Å². The van der Waals surface area contributed by atoms with Gasteiger partial charge in [0.05, 0.1) is 6.04 Å². The average Bonchev–Trinajstić information content (AvgIpc) is 2.26. The maximum atomic E-state index is 12.1. The summed E-state index contributed by atoms with van der Waals surface area (Å²) in [5, 5.41) is 3.47. The van der Waals surface area contributed by atoms with Crippen molar-refractivity contribution in [1.82, 2.24) is 5.32 Å². The molecule has 0 aromatic rings. The van der Waals surface area contributed by atoms with Crippen molar-refractivity contribution in [1.29, 1.82) is 0 Å². The van der Waals surface area contributed by atoms with Crippen molar-refractivity contribution in [3.05, 3.63) is 0 Å². The molecule has 2 bridgehead atoms. The molecular formula is C13H23NO. The van der Waals surface area contributed by atoms with Crippen LogP contribution in [0.2, 0.25) is 0 Å². The molecule has 2 fully saturated rings. The number of fused-ring (bicyclic) bond motifs is 2. The third-order valence-electron chi connectivity index (χ3n) is 3.95. The van der Waals surface area contributed by atoms with Gasteiger partial charge in [-0.05, 0) is 32.1 Å². The van der Waals surface area contributed by atoms with Gasteiger partial charge in [-0.25, -0.2) is 0 Å². The normalized spacial score (nSPS) is 35.5. The minimum atomic E-state index is 0.212. The molecule has 3 atom stereocenters. The Morgan fingerprint density at radius 2 is 2.20 bits per heavy atom. The summed E-state index contributed by atoms with van der Waals surface area (Å²) in [5.41, 5.74) is 0. The summed E-state index contributed by atoms with van der Waals surface area (Å²) in [6.07, 6.45) is 9.65. The summed E-state index contributed by atoms with van der Waals surface area (Å²) >= 11 is 0. The Morgan fingerprint density at radius 1 is 1.33 bits per heavy atom. The molecule has 86 valence electrons. The van der Waals surface area contributed by atoms with Gasteiger partial charge in [-0.2, -0.15) is 0 Å². The first-order valence-corrected chi connectivity index (χ1v) is 6.61. The van der Waals surface area contributed by atoms with Crippen LogP contribution in [0, 0.1) is 5.92 Å². The second kappa shape index (κ2) is 5.11. The molecule has 2 saturated heterocycles. The fourth-order valence-corrected chi connectivity index (χ4v) is 3.07. The number of carbonyl (C=O) groups is 1. The maximum Gasteiger partial charge on any atom is 0.152 e. The van der Waals surface area contributed by atoms with Gasteiger partial charge in [-0.15, -0.1) is 0 Å². The first-order valence-electron chi connectivity index (χ1n) is 6.61. The predicted octanol–water partition coefficient (Wildman–Crippen LogP) is 2.67. The molecule has 0 aliphatic carbocycles. The van der Waals surface area contributed by atoms with Crippen LogP contribution in [0.15, 0.2) is 0 Å². The second-order valence-electron chi connectivity index (χ2n) is 5.18. The van der Waals surface area contributed by atoms with Crippen molar-refractivity contribution >= 4 is 5.78 Å². The van der Waals surface area contributed by atoms with Crippen LogP contribution < -0.4 is 5.32 Å². The van der Waals surface area contributed by atoms with Crippen molar-refractivity contribution in [2.75, 3.05) is 0 Å². The summed E-state index contributed by atoms with van der Waals surface area (Å²) in [5.74, 6) is 0.898. The number of ketones is 1. The third kappa shape index (κ3) is 2.60. The quantitative estimate of drug-likeness (QED) is 0.721. The van der Waals surface area contributed by atoms with E-state index in [1.165, 1.54) is 32.1 Å². The molecule has 0 amide bonds. The summed E-state index contributed by atoms with van der Waals surface area (Å²) in [7, 11) is 0. The number of piperidine rings is 2. The second-order valence-corrected chi connectivity index (χ2v) is 5.18. The van der Waals surface area contributed by atoms with Crippen molar-refractivity contribution in [3.8, 4) is 0 Å². The standard InChI is InChI=1S/C13H23NO/c1-2-3-4-6-10-9-11-7-5-8-12(14-11)13(10)15/h10-12,14H,2-9H2,1H3. The first kappa shape index (κ1) is 11.1. The van der Waals surface area contributed by atoms with Crippen LogP contribution in [-0.4, -0.2) is 17.9 Å². The lowest BCUT2D eigenvalue weighted by atomic mass is 9.77. The fourth-order valence-electron chi connectivity index (χ4n) is 3.07. The van der Waals surface area contributed by atoms with E-state index >= 15 is 0 Å². The van der Waals surface area contributed by atoms with E-state index in [-0.39, 0.29) is 6.04 Å².